The summed E-state index contributed by atoms with van der Waals surface area (Å²) < 4.78 is 15.3. The van der Waals surface area contributed by atoms with Gasteiger partial charge in [0.15, 0.2) is 5.82 Å². The third-order valence-corrected chi connectivity index (χ3v) is 5.37. The predicted molar refractivity (Wildman–Crippen MR) is 128 cm³/mol. The number of anilines is 2. The molecule has 2 N–H and O–H groups in total. The van der Waals surface area contributed by atoms with Gasteiger partial charge in [0, 0.05) is 56.3 Å². The molecule has 186 valence electrons. The molecule has 3 rings (SSSR count). The SMILES string of the molecule is CC(C)c1nc(N(C)c2ccn(C)n2)nc(-c2ccc(F)cc2)c1/C=C/[C@@H](O)C[C@@H](O)CC(=O)[O-].[Na+]. The molecule has 11 heteroatoms. The third kappa shape index (κ3) is 7.68. The number of aryl methyl sites for hydroxylation is 1. The van der Waals surface area contributed by atoms with Crippen LogP contribution in [0.4, 0.5) is 16.2 Å². The van der Waals surface area contributed by atoms with Crippen molar-refractivity contribution in [2.45, 2.75) is 44.8 Å². The van der Waals surface area contributed by atoms with Crippen LogP contribution in [0.1, 0.15) is 43.9 Å². The molecule has 9 nitrogen and oxygen atoms in total. The summed E-state index contributed by atoms with van der Waals surface area (Å²) in [6.07, 6.45) is 1.82. The molecule has 2 aromatic heterocycles. The second-order valence-electron chi connectivity index (χ2n) is 8.63. The van der Waals surface area contributed by atoms with Gasteiger partial charge in [0.1, 0.15) is 5.82 Å². The Hall–Kier alpha value is -2.63. The van der Waals surface area contributed by atoms with Gasteiger partial charge in [-0.05, 0) is 30.2 Å². The van der Waals surface area contributed by atoms with Crippen LogP contribution in [0.25, 0.3) is 17.3 Å². The number of carboxylic acid groups (broad SMARTS) is 1. The van der Waals surface area contributed by atoms with Crippen molar-refractivity contribution in [3.05, 3.63) is 59.7 Å². The van der Waals surface area contributed by atoms with Crippen LogP contribution in [0.3, 0.4) is 0 Å². The Morgan fingerprint density at radius 1 is 1.19 bits per heavy atom. The molecule has 2 atom stereocenters. The normalized spacial score (nSPS) is 13.0. The Bertz CT molecular complexity index is 1200. The molecular weight excluding hydrogens is 476 g/mol. The van der Waals surface area contributed by atoms with E-state index in [2.05, 4.69) is 5.10 Å². The molecule has 0 saturated carbocycles. The van der Waals surface area contributed by atoms with Crippen LogP contribution in [0.15, 0.2) is 42.6 Å². The standard InChI is InChI=1S/C25H30FN5O4.Na/c1-15(2)23-20(10-9-18(32)13-19(33)14-22(34)35)24(16-5-7-17(26)8-6-16)28-25(27-23)31(4)21-11-12-30(3)29-21;/h5-12,15,18-19,32-33H,13-14H2,1-4H3,(H,34,35);/q;+1/p-1/b10-9+;/t18-,19-;/m1./s1. The minimum Gasteiger partial charge on any atom is -0.550 e. The summed E-state index contributed by atoms with van der Waals surface area (Å²) in [6, 6.07) is 7.74. The van der Waals surface area contributed by atoms with Crippen molar-refractivity contribution in [2.75, 3.05) is 11.9 Å². The van der Waals surface area contributed by atoms with Crippen molar-refractivity contribution in [1.82, 2.24) is 19.7 Å². The Morgan fingerprint density at radius 2 is 1.86 bits per heavy atom. The number of halogens is 1. The van der Waals surface area contributed by atoms with E-state index >= 15 is 0 Å². The largest absolute Gasteiger partial charge is 1.00 e. The third-order valence-electron chi connectivity index (χ3n) is 5.37. The maximum absolute atomic E-state index is 13.6. The van der Waals surface area contributed by atoms with E-state index in [9.17, 15) is 24.5 Å². The van der Waals surface area contributed by atoms with Crippen LogP contribution in [0.5, 0.6) is 0 Å². The number of nitrogens with zero attached hydrogens (tertiary/aromatic N) is 5. The van der Waals surface area contributed by atoms with Crippen molar-refractivity contribution in [3.63, 3.8) is 0 Å². The first-order valence-corrected chi connectivity index (χ1v) is 11.2. The first-order chi connectivity index (χ1) is 16.5. The minimum atomic E-state index is -1.39. The summed E-state index contributed by atoms with van der Waals surface area (Å²) in [4.78, 5) is 21.9. The molecule has 0 aliphatic carbocycles. The fourth-order valence-electron chi connectivity index (χ4n) is 3.58. The Balaban J connectivity index is 0.00000456. The molecule has 0 saturated heterocycles. The average molecular weight is 506 g/mol. The minimum absolute atomic E-state index is 0. The van der Waals surface area contributed by atoms with Crippen molar-refractivity contribution in [1.29, 1.82) is 0 Å². The summed E-state index contributed by atoms with van der Waals surface area (Å²) in [7, 11) is 3.61. The van der Waals surface area contributed by atoms with E-state index in [1.165, 1.54) is 18.2 Å². The average Bonchev–Trinajstić information content (AvgIpc) is 3.22. The smallest absolute Gasteiger partial charge is 0.550 e. The summed E-state index contributed by atoms with van der Waals surface area (Å²) in [5.74, 6) is -0.766. The van der Waals surface area contributed by atoms with Crippen molar-refractivity contribution in [2.24, 2.45) is 7.05 Å². The number of aliphatic carboxylic acids is 1. The molecule has 0 aliphatic heterocycles. The monoisotopic (exact) mass is 505 g/mol. The molecule has 0 fully saturated rings. The maximum atomic E-state index is 13.6. The van der Waals surface area contributed by atoms with Gasteiger partial charge in [-0.1, -0.05) is 26.0 Å². The van der Waals surface area contributed by atoms with Gasteiger partial charge < -0.3 is 20.1 Å². The van der Waals surface area contributed by atoms with Gasteiger partial charge in [-0.3, -0.25) is 9.58 Å². The molecular formula is C25H29FN5NaO4. The van der Waals surface area contributed by atoms with E-state index < -0.39 is 24.6 Å². The van der Waals surface area contributed by atoms with Crippen LogP contribution in [0, 0.1) is 5.82 Å². The summed E-state index contributed by atoms with van der Waals surface area (Å²) in [5, 5.41) is 35.2. The van der Waals surface area contributed by atoms with Crippen molar-refractivity contribution in [3.8, 4) is 11.3 Å². The number of hydrogen-bond acceptors (Lipinski definition) is 8. The number of carbonyl (C=O) groups is 1. The number of aromatic nitrogens is 4. The summed E-state index contributed by atoms with van der Waals surface area (Å²) >= 11 is 0. The Labute approximate surface area is 231 Å². The molecule has 36 heavy (non-hydrogen) atoms. The van der Waals surface area contributed by atoms with Crippen molar-refractivity contribution >= 4 is 23.8 Å². The van der Waals surface area contributed by atoms with Gasteiger partial charge >= 0.3 is 29.6 Å². The van der Waals surface area contributed by atoms with Gasteiger partial charge in [-0.25, -0.2) is 14.4 Å². The van der Waals surface area contributed by atoms with E-state index in [-0.39, 0.29) is 47.7 Å². The van der Waals surface area contributed by atoms with E-state index in [0.29, 0.717) is 34.3 Å². The quantitative estimate of drug-likeness (QED) is 0.342. The number of hydrogen-bond donors (Lipinski definition) is 2. The van der Waals surface area contributed by atoms with E-state index in [0.717, 1.165) is 0 Å². The molecule has 3 aromatic rings. The van der Waals surface area contributed by atoms with Gasteiger partial charge in [0.05, 0.1) is 23.6 Å². The van der Waals surface area contributed by atoms with E-state index in [4.69, 9.17) is 9.97 Å². The predicted octanol–water partition coefficient (Wildman–Crippen LogP) is -0.823. The molecule has 0 unspecified atom stereocenters. The van der Waals surface area contributed by atoms with Crippen molar-refractivity contribution < 1.29 is 54.1 Å². The first kappa shape index (κ1) is 29.6. The zero-order valence-electron chi connectivity index (χ0n) is 21.1. The van der Waals surface area contributed by atoms with Crippen LogP contribution in [-0.4, -0.2) is 55.2 Å². The molecule has 0 spiro atoms. The number of rotatable bonds is 10. The maximum Gasteiger partial charge on any atom is 1.00 e. The van der Waals surface area contributed by atoms with Gasteiger partial charge in [0.2, 0.25) is 5.95 Å². The van der Waals surface area contributed by atoms with Crippen LogP contribution in [-0.2, 0) is 11.8 Å². The molecule has 2 heterocycles. The van der Waals surface area contributed by atoms with Crippen LogP contribution < -0.4 is 39.6 Å². The van der Waals surface area contributed by atoms with Gasteiger partial charge in [0.25, 0.3) is 0 Å². The molecule has 1 aromatic carbocycles. The van der Waals surface area contributed by atoms with E-state index in [1.807, 2.05) is 33.2 Å². The number of aliphatic hydroxyl groups excluding tert-OH is 2. The van der Waals surface area contributed by atoms with Crippen LogP contribution >= 0.6 is 0 Å². The Morgan fingerprint density at radius 3 is 2.42 bits per heavy atom. The van der Waals surface area contributed by atoms with E-state index in [1.54, 1.807) is 34.8 Å². The topological polar surface area (TPSA) is 127 Å². The van der Waals surface area contributed by atoms with Gasteiger partial charge in [-0.2, -0.15) is 5.10 Å². The molecule has 0 radical (unpaired) electrons. The second kappa shape index (κ2) is 13.1. The number of aliphatic hydroxyl groups is 2. The summed E-state index contributed by atoms with van der Waals surface area (Å²) in [5.41, 5.74) is 2.49. The summed E-state index contributed by atoms with van der Waals surface area (Å²) in [6.45, 7) is 3.94. The fraction of sp³-hybridized carbons (Fsp3) is 0.360. The number of benzene rings is 1. The van der Waals surface area contributed by atoms with Gasteiger partial charge in [-0.15, -0.1) is 0 Å². The number of carbonyl (C=O) groups excluding carboxylic acids is 1. The second-order valence-corrected chi connectivity index (χ2v) is 8.63. The van der Waals surface area contributed by atoms with Crippen LogP contribution in [0.2, 0.25) is 0 Å². The molecule has 0 bridgehead atoms. The molecule has 0 amide bonds. The zero-order chi connectivity index (χ0) is 25.7. The fourth-order valence-corrected chi connectivity index (χ4v) is 3.58. The zero-order valence-corrected chi connectivity index (χ0v) is 23.1. The molecule has 0 aliphatic rings. The Kier molecular flexibility index (Phi) is 10.7. The number of carboxylic acids is 1. The first-order valence-electron chi connectivity index (χ1n) is 11.2.